The lowest BCUT2D eigenvalue weighted by molar-refractivity contribution is -0.137. The summed E-state index contributed by atoms with van der Waals surface area (Å²) < 4.78 is 0. The normalized spacial score (nSPS) is 13.1. The van der Waals surface area contributed by atoms with Gasteiger partial charge in [0.2, 0.25) is 0 Å². The van der Waals surface area contributed by atoms with Crippen molar-refractivity contribution < 1.29 is 9.90 Å². The quantitative estimate of drug-likeness (QED) is 0.587. The fourth-order valence-electron chi connectivity index (χ4n) is 2.41. The van der Waals surface area contributed by atoms with Gasteiger partial charge in [0.05, 0.1) is 0 Å². The molecule has 0 heterocycles. The lowest BCUT2D eigenvalue weighted by Crippen LogP contribution is -2.12. The molecule has 2 heteroatoms. The molecule has 0 aliphatic rings. The van der Waals surface area contributed by atoms with E-state index >= 15 is 0 Å². The van der Waals surface area contributed by atoms with E-state index in [0.717, 1.165) is 24.7 Å². The minimum absolute atomic E-state index is 0.333. The Morgan fingerprint density at radius 2 is 1.53 bits per heavy atom. The molecule has 0 radical (unpaired) electrons. The standard InChI is InChI=1S/C13H26O2/c1-4-11(5-2)12(6-3)9-7-8-10-13(14)15/h11-12H,4-10H2,1-3H3,(H,14,15). The van der Waals surface area contributed by atoms with Gasteiger partial charge in [0.15, 0.2) is 0 Å². The summed E-state index contributed by atoms with van der Waals surface area (Å²) in [6, 6.07) is 0. The van der Waals surface area contributed by atoms with E-state index in [-0.39, 0.29) is 0 Å². The molecular weight excluding hydrogens is 188 g/mol. The van der Waals surface area contributed by atoms with E-state index in [1.807, 2.05) is 0 Å². The minimum Gasteiger partial charge on any atom is -0.481 e. The Morgan fingerprint density at radius 1 is 1.00 bits per heavy atom. The number of carboxylic acids is 1. The SMILES string of the molecule is CCC(CC)C(CC)CCCCC(=O)O. The van der Waals surface area contributed by atoms with Crippen LogP contribution in [0.25, 0.3) is 0 Å². The van der Waals surface area contributed by atoms with Crippen LogP contribution in [0.5, 0.6) is 0 Å². The highest BCUT2D eigenvalue weighted by Gasteiger charge is 2.15. The zero-order valence-corrected chi connectivity index (χ0v) is 10.5. The monoisotopic (exact) mass is 214 g/mol. The molecule has 15 heavy (non-hydrogen) atoms. The van der Waals surface area contributed by atoms with E-state index in [2.05, 4.69) is 20.8 Å². The summed E-state index contributed by atoms with van der Waals surface area (Å²) >= 11 is 0. The van der Waals surface area contributed by atoms with Gasteiger partial charge in [0.25, 0.3) is 0 Å². The van der Waals surface area contributed by atoms with Gasteiger partial charge in [-0.1, -0.05) is 52.9 Å². The van der Waals surface area contributed by atoms with Gasteiger partial charge in [0.1, 0.15) is 0 Å². The Hall–Kier alpha value is -0.530. The summed E-state index contributed by atoms with van der Waals surface area (Å²) in [7, 11) is 0. The Bertz CT molecular complexity index is 162. The molecule has 0 aromatic heterocycles. The van der Waals surface area contributed by atoms with Gasteiger partial charge in [-0.2, -0.15) is 0 Å². The molecule has 0 amide bonds. The van der Waals surface area contributed by atoms with Crippen LogP contribution in [-0.2, 0) is 4.79 Å². The van der Waals surface area contributed by atoms with Gasteiger partial charge >= 0.3 is 5.97 Å². The highest BCUT2D eigenvalue weighted by molar-refractivity contribution is 5.66. The third-order valence-corrected chi connectivity index (χ3v) is 3.46. The first-order chi connectivity index (χ1) is 7.15. The molecule has 0 saturated carbocycles. The van der Waals surface area contributed by atoms with Crippen molar-refractivity contribution in [3.05, 3.63) is 0 Å². The van der Waals surface area contributed by atoms with Gasteiger partial charge < -0.3 is 5.11 Å². The van der Waals surface area contributed by atoms with Gasteiger partial charge in [-0.05, 0) is 18.3 Å². The van der Waals surface area contributed by atoms with Crippen molar-refractivity contribution in [1.82, 2.24) is 0 Å². The fraction of sp³-hybridized carbons (Fsp3) is 0.923. The van der Waals surface area contributed by atoms with Crippen LogP contribution in [0, 0.1) is 11.8 Å². The van der Waals surface area contributed by atoms with Crippen molar-refractivity contribution in [1.29, 1.82) is 0 Å². The highest BCUT2D eigenvalue weighted by atomic mass is 16.4. The summed E-state index contributed by atoms with van der Waals surface area (Å²) in [5, 5.41) is 8.54. The van der Waals surface area contributed by atoms with Crippen LogP contribution in [0.2, 0.25) is 0 Å². The van der Waals surface area contributed by atoms with Gasteiger partial charge in [-0.3, -0.25) is 4.79 Å². The van der Waals surface area contributed by atoms with E-state index in [1.165, 1.54) is 25.7 Å². The largest absolute Gasteiger partial charge is 0.481 e. The summed E-state index contributed by atoms with van der Waals surface area (Å²) in [4.78, 5) is 10.4. The van der Waals surface area contributed by atoms with E-state index in [9.17, 15) is 4.79 Å². The Morgan fingerprint density at radius 3 is 1.93 bits per heavy atom. The van der Waals surface area contributed by atoms with Crippen LogP contribution in [0.4, 0.5) is 0 Å². The Kier molecular flexibility index (Phi) is 8.44. The van der Waals surface area contributed by atoms with Crippen LogP contribution in [-0.4, -0.2) is 11.1 Å². The molecule has 0 bridgehead atoms. The molecule has 2 nitrogen and oxygen atoms in total. The molecule has 0 aliphatic heterocycles. The summed E-state index contributed by atoms with van der Waals surface area (Å²) in [6.07, 6.45) is 7.20. The smallest absolute Gasteiger partial charge is 0.303 e. The maximum Gasteiger partial charge on any atom is 0.303 e. The zero-order valence-electron chi connectivity index (χ0n) is 10.5. The summed E-state index contributed by atoms with van der Waals surface area (Å²) in [6.45, 7) is 6.77. The molecule has 1 atom stereocenters. The van der Waals surface area contributed by atoms with E-state index < -0.39 is 5.97 Å². The number of carbonyl (C=O) groups is 1. The lowest BCUT2D eigenvalue weighted by Gasteiger charge is -2.23. The second-order valence-corrected chi connectivity index (χ2v) is 4.38. The first-order valence-corrected chi connectivity index (χ1v) is 6.37. The Labute approximate surface area is 94.1 Å². The van der Waals surface area contributed by atoms with E-state index in [1.54, 1.807) is 0 Å². The average molecular weight is 214 g/mol. The van der Waals surface area contributed by atoms with Crippen LogP contribution < -0.4 is 0 Å². The van der Waals surface area contributed by atoms with Crippen molar-refractivity contribution in [3.63, 3.8) is 0 Å². The third-order valence-electron chi connectivity index (χ3n) is 3.46. The Balaban J connectivity index is 3.73. The predicted octanol–water partition coefficient (Wildman–Crippen LogP) is 4.09. The molecule has 1 N–H and O–H groups in total. The molecule has 0 aromatic rings. The second-order valence-electron chi connectivity index (χ2n) is 4.38. The lowest BCUT2D eigenvalue weighted by atomic mass is 9.82. The second kappa shape index (κ2) is 8.75. The molecular formula is C13H26O2. The van der Waals surface area contributed by atoms with Crippen LogP contribution in [0.3, 0.4) is 0 Å². The van der Waals surface area contributed by atoms with Crippen molar-refractivity contribution in [2.75, 3.05) is 0 Å². The number of hydrogen-bond donors (Lipinski definition) is 1. The van der Waals surface area contributed by atoms with Crippen LogP contribution in [0.1, 0.15) is 65.7 Å². The van der Waals surface area contributed by atoms with Crippen molar-refractivity contribution >= 4 is 5.97 Å². The van der Waals surface area contributed by atoms with Crippen molar-refractivity contribution in [2.45, 2.75) is 65.7 Å². The molecule has 0 aliphatic carbocycles. The molecule has 0 spiro atoms. The fourth-order valence-corrected chi connectivity index (χ4v) is 2.41. The maximum atomic E-state index is 10.4. The third kappa shape index (κ3) is 6.53. The molecule has 1 unspecified atom stereocenters. The molecule has 0 fully saturated rings. The number of carboxylic acid groups (broad SMARTS) is 1. The van der Waals surface area contributed by atoms with E-state index in [4.69, 9.17) is 5.11 Å². The van der Waals surface area contributed by atoms with Gasteiger partial charge in [-0.15, -0.1) is 0 Å². The molecule has 0 saturated heterocycles. The molecule has 0 aromatic carbocycles. The summed E-state index contributed by atoms with van der Waals surface area (Å²) in [5.41, 5.74) is 0. The number of aliphatic carboxylic acids is 1. The average Bonchev–Trinajstić information content (AvgIpc) is 2.22. The zero-order chi connectivity index (χ0) is 11.7. The summed E-state index contributed by atoms with van der Waals surface area (Å²) in [5.74, 6) is 0.971. The molecule has 0 rings (SSSR count). The number of rotatable bonds is 9. The van der Waals surface area contributed by atoms with E-state index in [0.29, 0.717) is 6.42 Å². The van der Waals surface area contributed by atoms with Crippen LogP contribution >= 0.6 is 0 Å². The first kappa shape index (κ1) is 14.5. The van der Waals surface area contributed by atoms with Crippen molar-refractivity contribution in [3.8, 4) is 0 Å². The first-order valence-electron chi connectivity index (χ1n) is 6.37. The highest BCUT2D eigenvalue weighted by Crippen LogP contribution is 2.27. The predicted molar refractivity (Wildman–Crippen MR) is 64.0 cm³/mol. The number of unbranched alkanes of at least 4 members (excludes halogenated alkanes) is 1. The van der Waals surface area contributed by atoms with Crippen LogP contribution in [0.15, 0.2) is 0 Å². The number of hydrogen-bond acceptors (Lipinski definition) is 1. The van der Waals surface area contributed by atoms with Gasteiger partial charge in [0, 0.05) is 6.42 Å². The topological polar surface area (TPSA) is 37.3 Å². The van der Waals surface area contributed by atoms with Gasteiger partial charge in [-0.25, -0.2) is 0 Å². The molecule has 90 valence electrons. The minimum atomic E-state index is -0.661. The maximum absolute atomic E-state index is 10.4. The van der Waals surface area contributed by atoms with Crippen molar-refractivity contribution in [2.24, 2.45) is 11.8 Å².